The molecule has 0 radical (unpaired) electrons. The molecule has 0 saturated heterocycles. The molecular weight excluding hydrogens is 232 g/mol. The first kappa shape index (κ1) is 11.8. The number of benzene rings is 1. The van der Waals surface area contributed by atoms with Gasteiger partial charge in [0.2, 0.25) is 5.96 Å². The zero-order valence-corrected chi connectivity index (χ0v) is 9.74. The number of aryl methyl sites for hydroxylation is 1. The average molecular weight is 244 g/mol. The van der Waals surface area contributed by atoms with Gasteiger partial charge in [-0.15, -0.1) is 5.10 Å². The summed E-state index contributed by atoms with van der Waals surface area (Å²) in [5, 5.41) is 11.0. The average Bonchev–Trinajstić information content (AvgIpc) is 2.76. The lowest BCUT2D eigenvalue weighted by Crippen LogP contribution is -2.21. The molecule has 0 spiro atoms. The standard InChI is InChI=1S/C11H12N6O/c1-7-15-10(18-17-7)9-4-2-3-8(5-9)6-14-16-11(12)13/h2-6H,1H3,(H4,12,13,16). The third-order valence-electron chi connectivity index (χ3n) is 2.04. The van der Waals surface area contributed by atoms with Crippen molar-refractivity contribution in [3.05, 3.63) is 35.7 Å². The highest BCUT2D eigenvalue weighted by molar-refractivity contribution is 5.83. The lowest BCUT2D eigenvalue weighted by molar-refractivity contribution is 0.425. The van der Waals surface area contributed by atoms with E-state index in [4.69, 9.17) is 16.0 Å². The molecule has 18 heavy (non-hydrogen) atoms. The molecule has 0 atom stereocenters. The fourth-order valence-corrected chi connectivity index (χ4v) is 1.33. The number of nitrogens with two attached hydrogens (primary N) is 2. The Hall–Kier alpha value is -2.70. The third kappa shape index (κ3) is 2.91. The maximum atomic E-state index is 5.16. The molecule has 1 aromatic carbocycles. The first-order valence-electron chi connectivity index (χ1n) is 5.18. The van der Waals surface area contributed by atoms with Crippen LogP contribution in [0.1, 0.15) is 11.4 Å². The molecule has 0 aliphatic carbocycles. The van der Waals surface area contributed by atoms with Gasteiger partial charge in [0.15, 0.2) is 5.82 Å². The van der Waals surface area contributed by atoms with E-state index < -0.39 is 0 Å². The zero-order chi connectivity index (χ0) is 13.0. The minimum absolute atomic E-state index is 0.0880. The van der Waals surface area contributed by atoms with Crippen LogP contribution in [-0.4, -0.2) is 22.3 Å². The van der Waals surface area contributed by atoms with Gasteiger partial charge in [-0.05, 0) is 24.6 Å². The highest BCUT2D eigenvalue weighted by Gasteiger charge is 2.05. The lowest BCUT2D eigenvalue weighted by Gasteiger charge is -1.95. The van der Waals surface area contributed by atoms with E-state index >= 15 is 0 Å². The Bertz CT molecular complexity index is 597. The summed E-state index contributed by atoms with van der Waals surface area (Å²) in [6.45, 7) is 1.76. The van der Waals surface area contributed by atoms with Gasteiger partial charge in [-0.3, -0.25) is 0 Å². The number of nitrogens with zero attached hydrogens (tertiary/aromatic N) is 4. The van der Waals surface area contributed by atoms with Gasteiger partial charge in [-0.2, -0.15) is 10.1 Å². The predicted octanol–water partition coefficient (Wildman–Crippen LogP) is 0.652. The van der Waals surface area contributed by atoms with Crippen molar-refractivity contribution in [3.8, 4) is 11.5 Å². The first-order chi connectivity index (χ1) is 8.65. The first-order valence-corrected chi connectivity index (χ1v) is 5.18. The van der Waals surface area contributed by atoms with E-state index in [1.165, 1.54) is 6.21 Å². The molecule has 1 aromatic heterocycles. The highest BCUT2D eigenvalue weighted by atomic mass is 16.5. The fourth-order valence-electron chi connectivity index (χ4n) is 1.33. The molecule has 92 valence electrons. The van der Waals surface area contributed by atoms with Crippen LogP contribution in [0.15, 0.2) is 39.0 Å². The Kier molecular flexibility index (Phi) is 3.33. The molecule has 4 N–H and O–H groups in total. The Morgan fingerprint density at radius 1 is 1.39 bits per heavy atom. The van der Waals surface area contributed by atoms with Gasteiger partial charge >= 0.3 is 0 Å². The maximum Gasteiger partial charge on any atom is 0.257 e. The largest absolute Gasteiger partial charge is 0.369 e. The summed E-state index contributed by atoms with van der Waals surface area (Å²) in [5.41, 5.74) is 12.0. The number of hydrogen-bond donors (Lipinski definition) is 2. The van der Waals surface area contributed by atoms with Gasteiger partial charge in [0.25, 0.3) is 5.89 Å². The summed E-state index contributed by atoms with van der Waals surface area (Å²) in [6, 6.07) is 7.42. The van der Waals surface area contributed by atoms with Crippen LogP contribution in [0.2, 0.25) is 0 Å². The molecule has 0 unspecified atom stereocenters. The Balaban J connectivity index is 2.25. The van der Waals surface area contributed by atoms with Crippen LogP contribution in [0.5, 0.6) is 0 Å². The smallest absolute Gasteiger partial charge is 0.257 e. The molecule has 0 amide bonds. The molecule has 2 rings (SSSR count). The minimum Gasteiger partial charge on any atom is -0.369 e. The van der Waals surface area contributed by atoms with Crippen molar-refractivity contribution in [2.24, 2.45) is 21.7 Å². The van der Waals surface area contributed by atoms with E-state index in [2.05, 4.69) is 20.3 Å². The quantitative estimate of drug-likeness (QED) is 0.467. The summed E-state index contributed by atoms with van der Waals surface area (Å²) in [4.78, 5) is 4.14. The molecule has 2 aromatic rings. The van der Waals surface area contributed by atoms with E-state index in [9.17, 15) is 0 Å². The normalized spacial score (nSPS) is 10.7. The minimum atomic E-state index is -0.0880. The molecule has 0 fully saturated rings. The highest BCUT2D eigenvalue weighted by Crippen LogP contribution is 2.17. The molecule has 7 heteroatoms. The van der Waals surface area contributed by atoms with E-state index in [0.29, 0.717) is 11.7 Å². The van der Waals surface area contributed by atoms with Crippen LogP contribution in [0, 0.1) is 6.92 Å². The number of rotatable bonds is 3. The molecule has 0 aliphatic rings. The fraction of sp³-hybridized carbons (Fsp3) is 0.0909. The van der Waals surface area contributed by atoms with Crippen molar-refractivity contribution < 1.29 is 4.52 Å². The monoisotopic (exact) mass is 244 g/mol. The van der Waals surface area contributed by atoms with Gasteiger partial charge in [-0.1, -0.05) is 17.3 Å². The van der Waals surface area contributed by atoms with Crippen molar-refractivity contribution in [3.63, 3.8) is 0 Å². The zero-order valence-electron chi connectivity index (χ0n) is 9.74. The van der Waals surface area contributed by atoms with E-state index in [1.54, 1.807) is 6.92 Å². The van der Waals surface area contributed by atoms with Crippen LogP contribution in [0.3, 0.4) is 0 Å². The third-order valence-corrected chi connectivity index (χ3v) is 2.04. The molecule has 0 aliphatic heterocycles. The number of guanidine groups is 1. The predicted molar refractivity (Wildman–Crippen MR) is 67.9 cm³/mol. The van der Waals surface area contributed by atoms with Gasteiger partial charge in [0, 0.05) is 5.56 Å². The summed E-state index contributed by atoms with van der Waals surface area (Å²) < 4.78 is 5.07. The molecule has 0 bridgehead atoms. The molecular formula is C11H12N6O. The Labute approximate surface area is 103 Å². The van der Waals surface area contributed by atoms with Crippen molar-refractivity contribution in [2.45, 2.75) is 6.92 Å². The van der Waals surface area contributed by atoms with Crippen LogP contribution in [-0.2, 0) is 0 Å². The maximum absolute atomic E-state index is 5.16. The second kappa shape index (κ2) is 5.09. The van der Waals surface area contributed by atoms with E-state index in [0.717, 1.165) is 11.1 Å². The summed E-state index contributed by atoms with van der Waals surface area (Å²) in [6.07, 6.45) is 1.53. The summed E-state index contributed by atoms with van der Waals surface area (Å²) in [5.74, 6) is 0.962. The second-order valence-electron chi connectivity index (χ2n) is 3.54. The van der Waals surface area contributed by atoms with Crippen LogP contribution >= 0.6 is 0 Å². The summed E-state index contributed by atoms with van der Waals surface area (Å²) in [7, 11) is 0. The Morgan fingerprint density at radius 3 is 2.89 bits per heavy atom. The number of aromatic nitrogens is 2. The van der Waals surface area contributed by atoms with E-state index in [-0.39, 0.29) is 5.96 Å². The number of hydrogen-bond acceptors (Lipinski definition) is 5. The van der Waals surface area contributed by atoms with Crippen LogP contribution in [0.4, 0.5) is 0 Å². The van der Waals surface area contributed by atoms with Crippen molar-refractivity contribution in [1.82, 2.24) is 10.1 Å². The summed E-state index contributed by atoms with van der Waals surface area (Å²) >= 11 is 0. The van der Waals surface area contributed by atoms with Gasteiger partial charge in [-0.25, -0.2) is 0 Å². The second-order valence-corrected chi connectivity index (χ2v) is 3.54. The lowest BCUT2D eigenvalue weighted by atomic mass is 10.1. The Morgan fingerprint density at radius 2 is 2.22 bits per heavy atom. The van der Waals surface area contributed by atoms with Gasteiger partial charge < -0.3 is 16.0 Å². The topological polar surface area (TPSA) is 116 Å². The molecule has 1 heterocycles. The van der Waals surface area contributed by atoms with E-state index in [1.807, 2.05) is 24.3 Å². The van der Waals surface area contributed by atoms with Gasteiger partial charge in [0.1, 0.15) is 0 Å². The molecule has 7 nitrogen and oxygen atoms in total. The van der Waals surface area contributed by atoms with Crippen LogP contribution < -0.4 is 11.5 Å². The SMILES string of the molecule is Cc1noc(-c2cccc(C=NN=C(N)N)c2)n1. The van der Waals surface area contributed by atoms with Gasteiger partial charge in [0.05, 0.1) is 6.21 Å². The van der Waals surface area contributed by atoms with Crippen molar-refractivity contribution in [1.29, 1.82) is 0 Å². The van der Waals surface area contributed by atoms with Crippen molar-refractivity contribution in [2.75, 3.05) is 0 Å². The van der Waals surface area contributed by atoms with Crippen molar-refractivity contribution >= 4 is 12.2 Å². The molecule has 0 saturated carbocycles. The van der Waals surface area contributed by atoms with Crippen LogP contribution in [0.25, 0.3) is 11.5 Å².